The maximum Gasteiger partial charge on any atom is 0.0373 e. The quantitative estimate of drug-likeness (QED) is 0.530. The van der Waals surface area contributed by atoms with Gasteiger partial charge in [0.15, 0.2) is 0 Å². The van der Waals surface area contributed by atoms with Crippen molar-refractivity contribution in [1.29, 1.82) is 0 Å². The van der Waals surface area contributed by atoms with Gasteiger partial charge in [0.2, 0.25) is 0 Å². The van der Waals surface area contributed by atoms with Crippen molar-refractivity contribution in [3.05, 3.63) is 93.8 Å². The Morgan fingerprint density at radius 2 is 1.70 bits per heavy atom. The lowest BCUT2D eigenvalue weighted by Crippen LogP contribution is -2.10. The van der Waals surface area contributed by atoms with Gasteiger partial charge in [-0.15, -0.1) is 0 Å². The van der Waals surface area contributed by atoms with E-state index in [1.165, 1.54) is 40.7 Å². The molecule has 1 aromatic heterocycles. The molecule has 0 saturated heterocycles. The summed E-state index contributed by atoms with van der Waals surface area (Å²) in [5.41, 5.74) is 12.4. The molecule has 0 spiro atoms. The Balaban J connectivity index is 1.56. The van der Waals surface area contributed by atoms with E-state index in [1.807, 2.05) is 13.1 Å². The number of nitrogens with zero attached hydrogens (tertiary/aromatic N) is 1. The van der Waals surface area contributed by atoms with Gasteiger partial charge in [0, 0.05) is 11.9 Å². The third-order valence-electron chi connectivity index (χ3n) is 5.84. The zero-order valence-corrected chi connectivity index (χ0v) is 15.7. The molecule has 0 N–H and O–H groups in total. The Kier molecular flexibility index (Phi) is 4.01. The highest BCUT2D eigenvalue weighted by Gasteiger charge is 2.22. The van der Waals surface area contributed by atoms with Crippen LogP contribution in [0.1, 0.15) is 45.5 Å². The summed E-state index contributed by atoms with van der Waals surface area (Å²) in [6, 6.07) is 15.6. The lowest BCUT2D eigenvalue weighted by atomic mass is 9.78. The molecule has 1 nitrogen and oxygen atoms in total. The fraction of sp³-hybridized carbons (Fsp3) is 0.192. The maximum absolute atomic E-state index is 4.39. The standard InChI is InChI=1S/C26H23N/c1-18-9-10-19(17-27-18)11-12-21-6-4-8-24-23(21)15-16-25-22-7-3-2-5-20(22)13-14-26(24)25/h2,4-6,8-14,17H,3,7,15-16H2,1H3/b12-11+. The lowest BCUT2D eigenvalue weighted by molar-refractivity contribution is 0.886. The Bertz CT molecular complexity index is 1070. The first-order valence-corrected chi connectivity index (χ1v) is 9.84. The van der Waals surface area contributed by atoms with E-state index in [0.29, 0.717) is 0 Å². The second-order valence-electron chi connectivity index (χ2n) is 7.54. The molecule has 132 valence electrons. The molecule has 0 atom stereocenters. The summed E-state index contributed by atoms with van der Waals surface area (Å²) in [7, 11) is 0. The van der Waals surface area contributed by atoms with Crippen molar-refractivity contribution >= 4 is 18.2 Å². The molecule has 0 unspecified atom stereocenters. The first kappa shape index (κ1) is 16.3. The first-order chi connectivity index (χ1) is 13.3. The Hall–Kier alpha value is -2.93. The smallest absolute Gasteiger partial charge is 0.0373 e. The van der Waals surface area contributed by atoms with E-state index in [2.05, 4.69) is 71.8 Å². The Labute approximate surface area is 161 Å². The summed E-state index contributed by atoms with van der Waals surface area (Å²) < 4.78 is 0. The predicted octanol–water partition coefficient (Wildman–Crippen LogP) is 6.29. The highest BCUT2D eigenvalue weighted by molar-refractivity contribution is 5.82. The molecule has 0 aliphatic heterocycles. The summed E-state index contributed by atoms with van der Waals surface area (Å²) >= 11 is 0. The van der Waals surface area contributed by atoms with E-state index in [1.54, 1.807) is 11.1 Å². The molecule has 1 heterocycles. The van der Waals surface area contributed by atoms with Gasteiger partial charge in [0.25, 0.3) is 0 Å². The Morgan fingerprint density at radius 1 is 0.815 bits per heavy atom. The van der Waals surface area contributed by atoms with Crippen LogP contribution in [-0.4, -0.2) is 4.98 Å². The number of hydrogen-bond donors (Lipinski definition) is 0. The van der Waals surface area contributed by atoms with Crippen molar-refractivity contribution in [2.45, 2.75) is 32.6 Å². The van der Waals surface area contributed by atoms with Crippen LogP contribution in [0.3, 0.4) is 0 Å². The van der Waals surface area contributed by atoms with Gasteiger partial charge in [0.05, 0.1) is 0 Å². The van der Waals surface area contributed by atoms with Gasteiger partial charge in [-0.3, -0.25) is 4.98 Å². The van der Waals surface area contributed by atoms with Gasteiger partial charge in [-0.25, -0.2) is 0 Å². The molecule has 3 aromatic rings. The van der Waals surface area contributed by atoms with E-state index in [-0.39, 0.29) is 0 Å². The second-order valence-corrected chi connectivity index (χ2v) is 7.54. The fourth-order valence-electron chi connectivity index (χ4n) is 4.44. The number of rotatable bonds is 2. The molecule has 2 aromatic carbocycles. The molecule has 2 aliphatic carbocycles. The average Bonchev–Trinajstić information content (AvgIpc) is 2.72. The molecule has 2 aliphatic rings. The monoisotopic (exact) mass is 349 g/mol. The minimum absolute atomic E-state index is 1.05. The van der Waals surface area contributed by atoms with Crippen LogP contribution in [0.5, 0.6) is 0 Å². The van der Waals surface area contributed by atoms with Gasteiger partial charge < -0.3 is 0 Å². The molecule has 0 saturated carbocycles. The van der Waals surface area contributed by atoms with Gasteiger partial charge in [-0.1, -0.05) is 60.7 Å². The summed E-state index contributed by atoms with van der Waals surface area (Å²) in [4.78, 5) is 4.39. The first-order valence-electron chi connectivity index (χ1n) is 9.84. The minimum atomic E-state index is 1.05. The molecule has 27 heavy (non-hydrogen) atoms. The van der Waals surface area contributed by atoms with Crippen LogP contribution >= 0.6 is 0 Å². The van der Waals surface area contributed by atoms with E-state index >= 15 is 0 Å². The molecule has 0 bridgehead atoms. The van der Waals surface area contributed by atoms with Crippen LogP contribution < -0.4 is 0 Å². The van der Waals surface area contributed by atoms with Crippen molar-refractivity contribution in [2.75, 3.05) is 0 Å². The van der Waals surface area contributed by atoms with Gasteiger partial charge >= 0.3 is 0 Å². The average molecular weight is 349 g/mol. The minimum Gasteiger partial charge on any atom is -0.261 e. The summed E-state index contributed by atoms with van der Waals surface area (Å²) in [5.74, 6) is 0. The largest absolute Gasteiger partial charge is 0.261 e. The SMILES string of the molecule is Cc1ccc(/C=C/c2cccc3c2CCc2c-3ccc3c2CCC=C3)cn1. The number of aromatic nitrogens is 1. The molecule has 0 amide bonds. The van der Waals surface area contributed by atoms with Crippen molar-refractivity contribution in [1.82, 2.24) is 4.98 Å². The maximum atomic E-state index is 4.39. The van der Waals surface area contributed by atoms with Crippen LogP contribution in [0.2, 0.25) is 0 Å². The topological polar surface area (TPSA) is 12.9 Å². The van der Waals surface area contributed by atoms with Gasteiger partial charge in [0.1, 0.15) is 0 Å². The van der Waals surface area contributed by atoms with Crippen molar-refractivity contribution in [2.24, 2.45) is 0 Å². The molecule has 0 fully saturated rings. The van der Waals surface area contributed by atoms with Crippen LogP contribution in [0.25, 0.3) is 29.4 Å². The number of allylic oxidation sites excluding steroid dienone is 1. The highest BCUT2D eigenvalue weighted by atomic mass is 14.6. The van der Waals surface area contributed by atoms with Gasteiger partial charge in [-0.2, -0.15) is 0 Å². The van der Waals surface area contributed by atoms with Crippen molar-refractivity contribution in [3.63, 3.8) is 0 Å². The summed E-state index contributed by atoms with van der Waals surface area (Å²) in [6.45, 7) is 2.02. The highest BCUT2D eigenvalue weighted by Crippen LogP contribution is 2.39. The molecular formula is C26H23N. The number of pyridine rings is 1. The third kappa shape index (κ3) is 2.94. The number of fused-ring (bicyclic) bond motifs is 5. The number of benzene rings is 2. The number of aryl methyl sites for hydroxylation is 1. The van der Waals surface area contributed by atoms with Crippen molar-refractivity contribution < 1.29 is 0 Å². The molecule has 5 rings (SSSR count). The number of hydrogen-bond acceptors (Lipinski definition) is 1. The van der Waals surface area contributed by atoms with E-state index < -0.39 is 0 Å². The third-order valence-corrected chi connectivity index (χ3v) is 5.84. The van der Waals surface area contributed by atoms with Crippen molar-refractivity contribution in [3.8, 4) is 11.1 Å². The van der Waals surface area contributed by atoms with E-state index in [0.717, 1.165) is 24.1 Å². The van der Waals surface area contributed by atoms with Crippen LogP contribution in [-0.2, 0) is 19.3 Å². The zero-order chi connectivity index (χ0) is 18.2. The summed E-state index contributed by atoms with van der Waals surface area (Å²) in [5, 5.41) is 0. The molecule has 0 radical (unpaired) electrons. The second kappa shape index (κ2) is 6.66. The van der Waals surface area contributed by atoms with Crippen LogP contribution in [0.15, 0.2) is 54.7 Å². The Morgan fingerprint density at radius 3 is 2.59 bits per heavy atom. The lowest BCUT2D eigenvalue weighted by Gasteiger charge is -2.26. The van der Waals surface area contributed by atoms with Gasteiger partial charge in [-0.05, 0) is 83.2 Å². The van der Waals surface area contributed by atoms with Crippen LogP contribution in [0.4, 0.5) is 0 Å². The summed E-state index contributed by atoms with van der Waals surface area (Å²) in [6.07, 6.45) is 15.6. The van der Waals surface area contributed by atoms with Crippen LogP contribution in [0, 0.1) is 6.92 Å². The van der Waals surface area contributed by atoms with E-state index in [4.69, 9.17) is 0 Å². The normalized spacial score (nSPS) is 14.7. The van der Waals surface area contributed by atoms with E-state index in [9.17, 15) is 0 Å². The molecular weight excluding hydrogens is 326 g/mol. The molecule has 1 heteroatoms. The predicted molar refractivity (Wildman–Crippen MR) is 115 cm³/mol. The fourth-order valence-corrected chi connectivity index (χ4v) is 4.44. The zero-order valence-electron chi connectivity index (χ0n) is 15.7.